The highest BCUT2D eigenvalue weighted by Gasteiger charge is 2.43. The number of halogens is 1. The van der Waals surface area contributed by atoms with E-state index in [1.807, 2.05) is 0 Å². The molecule has 1 amide bonds. The highest BCUT2D eigenvalue weighted by molar-refractivity contribution is 9.09. The molecule has 0 radical (unpaired) electrons. The Hall–Kier alpha value is -1.23. The van der Waals surface area contributed by atoms with Gasteiger partial charge in [0.15, 0.2) is 11.5 Å². The van der Waals surface area contributed by atoms with Crippen LogP contribution in [0.4, 0.5) is 0 Å². The predicted molar refractivity (Wildman–Crippen MR) is 63.0 cm³/mol. The van der Waals surface area contributed by atoms with E-state index in [1.165, 1.54) is 18.2 Å². The van der Waals surface area contributed by atoms with Crippen molar-refractivity contribution in [3.8, 4) is 11.5 Å². The molecule has 2 rings (SSSR count). The Morgan fingerprint density at radius 2 is 2.06 bits per heavy atom. The zero-order chi connectivity index (χ0) is 11.8. The molecule has 1 aliphatic rings. The lowest BCUT2D eigenvalue weighted by Gasteiger charge is -2.14. The van der Waals surface area contributed by atoms with Gasteiger partial charge in [-0.15, -0.1) is 0 Å². The second-order valence-corrected chi connectivity index (χ2v) is 4.63. The van der Waals surface area contributed by atoms with Crippen molar-refractivity contribution in [3.05, 3.63) is 23.8 Å². The van der Waals surface area contributed by atoms with Crippen LogP contribution in [0, 0.1) is 0 Å². The van der Waals surface area contributed by atoms with Gasteiger partial charge in [0.25, 0.3) is 5.91 Å². The second-order valence-electron chi connectivity index (χ2n) is 4.07. The van der Waals surface area contributed by atoms with Gasteiger partial charge in [-0.3, -0.25) is 4.79 Å². The number of carbonyl (C=O) groups is 1. The van der Waals surface area contributed by atoms with Crippen LogP contribution in [0.2, 0.25) is 0 Å². The summed E-state index contributed by atoms with van der Waals surface area (Å²) >= 11 is 3.36. The Bertz CT molecular complexity index is 429. The summed E-state index contributed by atoms with van der Waals surface area (Å²) in [6.07, 6.45) is 1.93. The van der Waals surface area contributed by atoms with Crippen molar-refractivity contribution in [2.24, 2.45) is 0 Å². The molecule has 0 aromatic heterocycles. The molecular formula is C11H12BrNO3. The van der Waals surface area contributed by atoms with Crippen molar-refractivity contribution < 1.29 is 15.0 Å². The normalized spacial score (nSPS) is 16.8. The molecule has 4 nitrogen and oxygen atoms in total. The van der Waals surface area contributed by atoms with Gasteiger partial charge in [0.2, 0.25) is 0 Å². The van der Waals surface area contributed by atoms with Gasteiger partial charge in [-0.25, -0.2) is 0 Å². The number of amides is 1. The van der Waals surface area contributed by atoms with Crippen LogP contribution in [0.5, 0.6) is 11.5 Å². The Balaban J connectivity index is 2.12. The van der Waals surface area contributed by atoms with Crippen LogP contribution in [0.25, 0.3) is 0 Å². The first-order valence-electron chi connectivity index (χ1n) is 4.97. The van der Waals surface area contributed by atoms with Crippen LogP contribution >= 0.6 is 15.9 Å². The van der Waals surface area contributed by atoms with E-state index in [1.54, 1.807) is 0 Å². The smallest absolute Gasteiger partial charge is 0.251 e. The fraction of sp³-hybridized carbons (Fsp3) is 0.364. The Morgan fingerprint density at radius 1 is 1.38 bits per heavy atom. The van der Waals surface area contributed by atoms with Crippen LogP contribution in [-0.2, 0) is 0 Å². The molecule has 0 unspecified atom stereocenters. The molecule has 1 aliphatic carbocycles. The molecule has 1 fully saturated rings. The van der Waals surface area contributed by atoms with Crippen LogP contribution in [0.15, 0.2) is 18.2 Å². The summed E-state index contributed by atoms with van der Waals surface area (Å²) in [5.74, 6) is -0.734. The van der Waals surface area contributed by atoms with E-state index in [0.29, 0.717) is 5.56 Å². The van der Waals surface area contributed by atoms with Gasteiger partial charge in [0.05, 0.1) is 5.54 Å². The topological polar surface area (TPSA) is 69.6 Å². The largest absolute Gasteiger partial charge is 0.504 e. The van der Waals surface area contributed by atoms with Crippen molar-refractivity contribution >= 4 is 21.8 Å². The van der Waals surface area contributed by atoms with Gasteiger partial charge < -0.3 is 15.5 Å². The van der Waals surface area contributed by atoms with Crippen molar-refractivity contribution in [1.29, 1.82) is 0 Å². The number of phenols is 2. The highest BCUT2D eigenvalue weighted by atomic mass is 79.9. The number of hydrogen-bond donors (Lipinski definition) is 3. The van der Waals surface area contributed by atoms with Gasteiger partial charge in [-0.2, -0.15) is 0 Å². The van der Waals surface area contributed by atoms with Gasteiger partial charge >= 0.3 is 0 Å². The van der Waals surface area contributed by atoms with E-state index in [2.05, 4.69) is 21.2 Å². The van der Waals surface area contributed by atoms with Crippen LogP contribution in [0.3, 0.4) is 0 Å². The zero-order valence-corrected chi connectivity index (χ0v) is 10.1. The van der Waals surface area contributed by atoms with E-state index in [9.17, 15) is 9.90 Å². The molecule has 1 saturated carbocycles. The maximum absolute atomic E-state index is 11.8. The third-order valence-electron chi connectivity index (χ3n) is 2.73. The van der Waals surface area contributed by atoms with Gasteiger partial charge in [-0.05, 0) is 31.0 Å². The van der Waals surface area contributed by atoms with Gasteiger partial charge in [0.1, 0.15) is 0 Å². The standard InChI is InChI=1S/C11H12BrNO3/c12-6-11(3-4-11)13-10(16)7-1-2-8(14)9(15)5-7/h1-2,5,14-15H,3-4,6H2,(H,13,16). The molecule has 0 aliphatic heterocycles. The molecule has 86 valence electrons. The number of alkyl halides is 1. The van der Waals surface area contributed by atoms with Crippen LogP contribution in [-0.4, -0.2) is 27.0 Å². The van der Waals surface area contributed by atoms with E-state index < -0.39 is 0 Å². The maximum Gasteiger partial charge on any atom is 0.251 e. The lowest BCUT2D eigenvalue weighted by Crippen LogP contribution is -2.38. The summed E-state index contributed by atoms with van der Waals surface area (Å²) in [6, 6.07) is 4.04. The maximum atomic E-state index is 11.8. The lowest BCUT2D eigenvalue weighted by atomic mass is 10.1. The fourth-order valence-corrected chi connectivity index (χ4v) is 2.12. The summed E-state index contributed by atoms with van der Waals surface area (Å²) in [6.45, 7) is 0. The van der Waals surface area contributed by atoms with Crippen molar-refractivity contribution in [1.82, 2.24) is 5.32 Å². The first-order valence-corrected chi connectivity index (χ1v) is 6.09. The molecule has 0 atom stereocenters. The van der Waals surface area contributed by atoms with Crippen LogP contribution in [0.1, 0.15) is 23.2 Å². The van der Waals surface area contributed by atoms with Crippen molar-refractivity contribution in [2.75, 3.05) is 5.33 Å². The Labute approximate surface area is 101 Å². The molecule has 0 bridgehead atoms. The quantitative estimate of drug-likeness (QED) is 0.585. The number of rotatable bonds is 3. The molecule has 0 spiro atoms. The van der Waals surface area contributed by atoms with Crippen molar-refractivity contribution in [3.63, 3.8) is 0 Å². The average molecular weight is 286 g/mol. The van der Waals surface area contributed by atoms with Crippen LogP contribution < -0.4 is 5.32 Å². The monoisotopic (exact) mass is 285 g/mol. The van der Waals surface area contributed by atoms with Crippen molar-refractivity contribution in [2.45, 2.75) is 18.4 Å². The minimum Gasteiger partial charge on any atom is -0.504 e. The second kappa shape index (κ2) is 3.97. The number of benzene rings is 1. The number of phenolic OH excluding ortho intramolecular Hbond substituents is 2. The summed E-state index contributed by atoms with van der Waals surface area (Å²) in [5.41, 5.74) is 0.229. The molecule has 0 heterocycles. The lowest BCUT2D eigenvalue weighted by molar-refractivity contribution is 0.0936. The summed E-state index contributed by atoms with van der Waals surface area (Å²) in [7, 11) is 0. The molecular weight excluding hydrogens is 274 g/mol. The number of nitrogens with one attached hydrogen (secondary N) is 1. The summed E-state index contributed by atoms with van der Waals surface area (Å²) < 4.78 is 0. The fourth-order valence-electron chi connectivity index (χ4n) is 1.42. The van der Waals surface area contributed by atoms with E-state index >= 15 is 0 Å². The number of aromatic hydroxyl groups is 2. The number of carbonyl (C=O) groups excluding carboxylic acids is 1. The first-order chi connectivity index (χ1) is 7.56. The Morgan fingerprint density at radius 3 is 2.56 bits per heavy atom. The van der Waals surface area contributed by atoms with Gasteiger partial charge in [-0.1, -0.05) is 15.9 Å². The third kappa shape index (κ3) is 2.14. The number of hydrogen-bond acceptors (Lipinski definition) is 3. The minimum atomic E-state index is -0.281. The SMILES string of the molecule is O=C(NC1(CBr)CC1)c1ccc(O)c(O)c1. The Kier molecular flexibility index (Phi) is 2.80. The van der Waals surface area contributed by atoms with E-state index in [-0.39, 0.29) is 22.9 Å². The molecule has 1 aromatic rings. The average Bonchev–Trinajstić information content (AvgIpc) is 3.02. The van der Waals surface area contributed by atoms with Gasteiger partial charge in [0, 0.05) is 10.9 Å². The molecule has 0 saturated heterocycles. The minimum absolute atomic E-state index is 0.120. The molecule has 3 N–H and O–H groups in total. The zero-order valence-electron chi connectivity index (χ0n) is 8.53. The first kappa shape index (κ1) is 11.3. The molecule has 1 aromatic carbocycles. The molecule has 16 heavy (non-hydrogen) atoms. The highest BCUT2D eigenvalue weighted by Crippen LogP contribution is 2.37. The van der Waals surface area contributed by atoms with E-state index in [0.717, 1.165) is 18.2 Å². The predicted octanol–water partition coefficient (Wildman–Crippen LogP) is 1.76. The summed E-state index contributed by atoms with van der Waals surface area (Å²) in [5, 5.41) is 22.0. The molecule has 5 heteroatoms. The van der Waals surface area contributed by atoms with E-state index in [4.69, 9.17) is 5.11 Å². The third-order valence-corrected chi connectivity index (χ3v) is 3.80. The summed E-state index contributed by atoms with van der Waals surface area (Å²) in [4.78, 5) is 11.8.